The summed E-state index contributed by atoms with van der Waals surface area (Å²) >= 11 is 0. The topological polar surface area (TPSA) is 143 Å². The Morgan fingerprint density at radius 1 is 0.918 bits per heavy atom. The van der Waals surface area contributed by atoms with Gasteiger partial charge in [0, 0.05) is 77.8 Å². The summed E-state index contributed by atoms with van der Waals surface area (Å²) < 4.78 is 102. The Morgan fingerprint density at radius 3 is 2.26 bits per heavy atom. The van der Waals surface area contributed by atoms with E-state index in [0.717, 1.165) is 41.9 Å². The molecule has 73 heavy (non-hydrogen) atoms. The van der Waals surface area contributed by atoms with Crippen molar-refractivity contribution in [2.75, 3.05) is 66.3 Å². The summed E-state index contributed by atoms with van der Waals surface area (Å²) in [7, 11) is -2.76. The summed E-state index contributed by atoms with van der Waals surface area (Å²) in [6, 6.07) is 27.4. The van der Waals surface area contributed by atoms with Crippen LogP contribution < -0.4 is 24.0 Å². The normalized spacial score (nSPS) is 22.1. The van der Waals surface area contributed by atoms with E-state index in [2.05, 4.69) is 29.6 Å². The number of amides is 1. The molecule has 2 unspecified atom stereocenters. The van der Waals surface area contributed by atoms with E-state index < -0.39 is 51.5 Å². The molecule has 4 atom stereocenters. The van der Waals surface area contributed by atoms with E-state index in [1.807, 2.05) is 75.4 Å². The number of nitrogens with zero attached hydrogens (tertiary/aromatic N) is 8. The molecule has 4 aromatic carbocycles. The number of piperazine rings is 1. The lowest BCUT2D eigenvalue weighted by Gasteiger charge is -2.39. The molecular formula is C53H56F5N9O5S. The molecule has 3 fully saturated rings. The average Bonchev–Trinajstić information content (AvgIpc) is 4.14. The molecule has 2 aromatic heterocycles. The minimum Gasteiger partial charge on any atom is -0.493 e. The first-order chi connectivity index (χ1) is 35.2. The number of pyridine rings is 1. The van der Waals surface area contributed by atoms with Crippen LogP contribution in [0.2, 0.25) is 0 Å². The van der Waals surface area contributed by atoms with E-state index in [0.29, 0.717) is 43.2 Å². The van der Waals surface area contributed by atoms with Gasteiger partial charge in [0.1, 0.15) is 59.8 Å². The highest BCUT2D eigenvalue weighted by Crippen LogP contribution is 2.65. The predicted molar refractivity (Wildman–Crippen MR) is 267 cm³/mol. The molecule has 1 amide bonds. The van der Waals surface area contributed by atoms with Gasteiger partial charge in [-0.3, -0.25) is 4.79 Å². The van der Waals surface area contributed by atoms with Crippen molar-refractivity contribution in [1.82, 2.24) is 24.6 Å². The Morgan fingerprint density at radius 2 is 1.64 bits per heavy atom. The fraction of sp³-hybridized carbons (Fsp3) is 0.377. The smallest absolute Gasteiger partial charge is 0.420 e. The number of nitrogens with one attached hydrogen (secondary N) is 1. The molecule has 9 rings (SSSR count). The molecular weight excluding hydrogens is 970 g/mol. The molecule has 6 aromatic rings. The van der Waals surface area contributed by atoms with Crippen LogP contribution in [-0.4, -0.2) is 94.0 Å². The van der Waals surface area contributed by atoms with Crippen molar-refractivity contribution in [2.45, 2.75) is 81.6 Å². The highest BCUT2D eigenvalue weighted by Gasteiger charge is 2.51. The van der Waals surface area contributed by atoms with Gasteiger partial charge in [0.2, 0.25) is 0 Å². The summed E-state index contributed by atoms with van der Waals surface area (Å²) in [5, 5.41) is 13.4. The summed E-state index contributed by atoms with van der Waals surface area (Å²) in [6.07, 6.45) is 1.24. The summed E-state index contributed by atoms with van der Waals surface area (Å²) in [5.41, 5.74) is 0.965. The maximum Gasteiger partial charge on any atom is 0.420 e. The molecule has 384 valence electrons. The third-order valence-electron chi connectivity index (χ3n) is 13.3. The maximum atomic E-state index is 15.1. The average molecular weight is 1030 g/mol. The zero-order valence-electron chi connectivity index (χ0n) is 40.6. The van der Waals surface area contributed by atoms with Gasteiger partial charge in [-0.2, -0.15) is 23.5 Å². The van der Waals surface area contributed by atoms with E-state index in [1.54, 1.807) is 29.3 Å². The largest absolute Gasteiger partial charge is 0.493 e. The van der Waals surface area contributed by atoms with Crippen LogP contribution in [0.3, 0.4) is 0 Å². The van der Waals surface area contributed by atoms with Crippen molar-refractivity contribution >= 4 is 32.5 Å². The molecule has 0 bridgehead atoms. The summed E-state index contributed by atoms with van der Waals surface area (Å²) in [5.74, 6) is -0.893. The van der Waals surface area contributed by atoms with Gasteiger partial charge in [0.15, 0.2) is 6.29 Å². The number of halogens is 5. The van der Waals surface area contributed by atoms with E-state index in [4.69, 9.17) is 18.9 Å². The minimum absolute atomic E-state index is 0.0114. The van der Waals surface area contributed by atoms with Crippen LogP contribution in [0.15, 0.2) is 121 Å². The Kier molecular flexibility index (Phi) is 15.1. The van der Waals surface area contributed by atoms with Crippen molar-refractivity contribution in [3.05, 3.63) is 150 Å². The number of rotatable bonds is 18. The maximum absolute atomic E-state index is 15.1. The highest BCUT2D eigenvalue weighted by atomic mass is 32.3. The van der Waals surface area contributed by atoms with Crippen LogP contribution in [-0.2, 0) is 27.8 Å². The van der Waals surface area contributed by atoms with Crippen molar-refractivity contribution in [2.24, 2.45) is 0 Å². The zero-order chi connectivity index (χ0) is 51.3. The molecule has 3 aliphatic heterocycles. The van der Waals surface area contributed by atoms with Crippen LogP contribution in [0, 0.1) is 23.0 Å². The summed E-state index contributed by atoms with van der Waals surface area (Å²) in [6.45, 7) is 8.85. The third kappa shape index (κ3) is 11.0. The van der Waals surface area contributed by atoms with Gasteiger partial charge in [-0.25, -0.2) is 23.4 Å². The van der Waals surface area contributed by atoms with Crippen molar-refractivity contribution in [1.29, 1.82) is 5.26 Å². The summed E-state index contributed by atoms with van der Waals surface area (Å²) in [4.78, 5) is 30.3. The molecule has 20 heteroatoms. The lowest BCUT2D eigenvalue weighted by molar-refractivity contribution is -0.138. The number of alkyl halides is 3. The lowest BCUT2D eigenvalue weighted by atomic mass is 9.94. The van der Waals surface area contributed by atoms with E-state index in [9.17, 15) is 22.8 Å². The number of anilines is 3. The number of hydrogen-bond acceptors (Lipinski definition) is 12. The van der Waals surface area contributed by atoms with Gasteiger partial charge in [0.25, 0.3) is 5.24 Å². The molecule has 0 radical (unpaired) electrons. The lowest BCUT2D eigenvalue weighted by Crippen LogP contribution is -2.46. The van der Waals surface area contributed by atoms with E-state index in [-0.39, 0.29) is 66.1 Å². The number of carbonyl (C=O) groups is 1. The number of benzene rings is 4. The van der Waals surface area contributed by atoms with Gasteiger partial charge in [-0.1, -0.05) is 42.1 Å². The number of nitriles is 1. The molecule has 5 heterocycles. The Hall–Kier alpha value is -6.95. The van der Waals surface area contributed by atoms with Crippen molar-refractivity contribution < 1.29 is 45.7 Å². The van der Waals surface area contributed by atoms with E-state index in [1.165, 1.54) is 35.5 Å². The van der Waals surface area contributed by atoms with Crippen LogP contribution in [0.4, 0.5) is 43.8 Å². The molecule has 3 saturated heterocycles. The zero-order valence-corrected chi connectivity index (χ0v) is 41.4. The first kappa shape index (κ1) is 51.0. The van der Waals surface area contributed by atoms with Crippen molar-refractivity contribution in [3.63, 3.8) is 0 Å². The Balaban J connectivity index is 0.880. The van der Waals surface area contributed by atoms with Crippen LogP contribution in [0.1, 0.15) is 68.5 Å². The Bertz CT molecular complexity index is 2880. The number of carbonyl (C=O) groups excluding carboxylic acids is 1. The standard InChI is InChI=1S/C53H56F5N9O5S/c1-4-5-6-25-69-49-20-10-39(27-46(49)53(56,57)58)63-73(31-48(67(36(2)3)51(73)68)37-7-9-40(28-59)61-29-37)44-17-13-42(14-18-44)65-23-21-64(22-24-65)41-11-15-43(16-12-41)70-30-50-71-33-52(72-50,32-66-35-60-34-62-66)45-19-8-38(54)26-47(45)55/h7-20,26-27,29,34-36,48,50,63H,4-6,21-25,30-33H2,1-3H3/t48?,50-,52+/m0/s1. The second kappa shape index (κ2) is 21.6. The number of ether oxygens (including phenoxy) is 4. The van der Waals surface area contributed by atoms with Gasteiger partial charge in [0.05, 0.1) is 31.4 Å². The first-order valence-corrected chi connectivity index (χ1v) is 26.0. The molecule has 0 spiro atoms. The fourth-order valence-electron chi connectivity index (χ4n) is 9.61. The van der Waals surface area contributed by atoms with Crippen LogP contribution in [0.5, 0.6) is 11.5 Å². The predicted octanol–water partition coefficient (Wildman–Crippen LogP) is 10.9. The van der Waals surface area contributed by atoms with Crippen molar-refractivity contribution in [3.8, 4) is 17.6 Å². The van der Waals surface area contributed by atoms with E-state index >= 15 is 9.18 Å². The number of hydrogen-bond donors (Lipinski definition) is 1. The molecule has 0 aliphatic carbocycles. The minimum atomic E-state index is -4.71. The molecule has 1 N–H and O–H groups in total. The Labute approximate surface area is 422 Å². The second-order valence-corrected chi connectivity index (χ2v) is 21.3. The van der Waals surface area contributed by atoms with Gasteiger partial charge >= 0.3 is 6.18 Å². The van der Waals surface area contributed by atoms with Crippen LogP contribution >= 0.6 is 10.2 Å². The highest BCUT2D eigenvalue weighted by molar-refractivity contribution is 8.46. The SMILES string of the molecule is CCCCCOc1ccc(NS2(c3ccc(N4CCN(c5ccc(OC[C@H]6OC[C@](Cn7cncn7)(c7ccc(F)cc7F)O6)cc5)CC4)cc3)CC(c3ccc(C#N)nc3)N(C(C)C)C2=O)cc1C(F)(F)F. The van der Waals surface area contributed by atoms with Gasteiger partial charge in [-0.15, -0.1) is 0 Å². The number of unbranched alkanes of at least 4 members (excludes halogenated alkanes) is 2. The van der Waals surface area contributed by atoms with Crippen LogP contribution in [0.25, 0.3) is 0 Å². The molecule has 14 nitrogen and oxygen atoms in total. The first-order valence-electron chi connectivity index (χ1n) is 24.2. The monoisotopic (exact) mass is 1030 g/mol. The van der Waals surface area contributed by atoms with Gasteiger partial charge in [-0.05, 0) is 105 Å². The van der Waals surface area contributed by atoms with Gasteiger partial charge < -0.3 is 38.4 Å². The molecule has 3 aliphatic rings. The number of aromatic nitrogens is 4. The quantitative estimate of drug-likeness (QED) is 0.0646. The third-order valence-corrected chi connectivity index (χ3v) is 16.6. The second-order valence-electron chi connectivity index (χ2n) is 18.5. The molecule has 0 saturated carbocycles. The fourth-order valence-corrected chi connectivity index (χ4v) is 13.1.